The summed E-state index contributed by atoms with van der Waals surface area (Å²) in [5.74, 6) is -0.901. The first kappa shape index (κ1) is 21.0. The molecule has 2 rings (SSSR count). The molecule has 1 atom stereocenters. The van der Waals surface area contributed by atoms with Gasteiger partial charge in [0.1, 0.15) is 5.75 Å². The zero-order valence-corrected chi connectivity index (χ0v) is 16.2. The van der Waals surface area contributed by atoms with Crippen molar-refractivity contribution in [2.24, 2.45) is 0 Å². The maximum atomic E-state index is 12.2. The molecule has 0 aromatic heterocycles. The van der Waals surface area contributed by atoms with Crippen molar-refractivity contribution in [1.29, 1.82) is 0 Å². The molecule has 0 spiro atoms. The van der Waals surface area contributed by atoms with Gasteiger partial charge in [0.2, 0.25) is 0 Å². The summed E-state index contributed by atoms with van der Waals surface area (Å²) >= 11 is 0. The number of carbonyl (C=O) groups excluding carboxylic acids is 3. The Morgan fingerprint density at radius 2 is 1.71 bits per heavy atom. The van der Waals surface area contributed by atoms with Gasteiger partial charge in [0.25, 0.3) is 11.8 Å². The Hall–Kier alpha value is -3.35. The molecule has 0 aliphatic heterocycles. The van der Waals surface area contributed by atoms with E-state index in [1.165, 1.54) is 14.0 Å². The topological polar surface area (TPSA) is 93.7 Å². The second-order valence-electron chi connectivity index (χ2n) is 6.19. The normalized spacial score (nSPS) is 11.2. The molecule has 0 fully saturated rings. The molecular formula is C21H24N2O5. The highest BCUT2D eigenvalue weighted by Gasteiger charge is 2.18. The number of carbonyl (C=O) groups is 3. The molecule has 0 saturated heterocycles. The van der Waals surface area contributed by atoms with E-state index in [2.05, 4.69) is 10.6 Å². The molecule has 0 heterocycles. The lowest BCUT2D eigenvalue weighted by atomic mass is 10.2. The van der Waals surface area contributed by atoms with Gasteiger partial charge in [0.05, 0.1) is 19.1 Å². The number of para-hydroxylation sites is 1. The fourth-order valence-electron chi connectivity index (χ4n) is 2.40. The molecule has 148 valence electrons. The molecule has 7 nitrogen and oxygen atoms in total. The van der Waals surface area contributed by atoms with E-state index in [1.54, 1.807) is 36.4 Å². The number of amides is 2. The second kappa shape index (κ2) is 10.1. The summed E-state index contributed by atoms with van der Waals surface area (Å²) < 4.78 is 10.2. The average molecular weight is 384 g/mol. The molecule has 0 saturated carbocycles. The lowest BCUT2D eigenvalue weighted by molar-refractivity contribution is -0.153. The van der Waals surface area contributed by atoms with E-state index in [-0.39, 0.29) is 18.9 Å². The third-order valence-corrected chi connectivity index (χ3v) is 3.96. The van der Waals surface area contributed by atoms with Gasteiger partial charge in [-0.3, -0.25) is 14.4 Å². The van der Waals surface area contributed by atoms with Crippen LogP contribution in [0.4, 0.5) is 5.69 Å². The summed E-state index contributed by atoms with van der Waals surface area (Å²) in [5.41, 5.74) is 2.08. The largest absolute Gasteiger partial charge is 0.496 e. The Labute approximate surface area is 164 Å². The van der Waals surface area contributed by atoms with Gasteiger partial charge in [-0.05, 0) is 38.1 Å². The van der Waals surface area contributed by atoms with Gasteiger partial charge in [0.15, 0.2) is 6.10 Å². The van der Waals surface area contributed by atoms with Crippen LogP contribution in [-0.2, 0) is 14.3 Å². The van der Waals surface area contributed by atoms with Crippen molar-refractivity contribution in [1.82, 2.24) is 5.32 Å². The molecule has 0 aliphatic carbocycles. The predicted octanol–water partition coefficient (Wildman–Crippen LogP) is 2.69. The number of aryl methyl sites for hydroxylation is 1. The molecule has 2 aromatic carbocycles. The maximum Gasteiger partial charge on any atom is 0.308 e. The van der Waals surface area contributed by atoms with Crippen LogP contribution >= 0.6 is 0 Å². The van der Waals surface area contributed by atoms with Crippen molar-refractivity contribution in [3.63, 3.8) is 0 Å². The monoisotopic (exact) mass is 384 g/mol. The SMILES string of the molecule is COc1ccccc1C(=O)NCCC(=O)O[C@@H](C)C(=O)Nc1ccc(C)cc1. The van der Waals surface area contributed by atoms with Crippen molar-refractivity contribution in [3.05, 3.63) is 59.7 Å². The molecule has 2 N–H and O–H groups in total. The molecule has 0 unspecified atom stereocenters. The number of ether oxygens (including phenoxy) is 2. The molecule has 7 heteroatoms. The third-order valence-electron chi connectivity index (χ3n) is 3.96. The number of esters is 1. The summed E-state index contributed by atoms with van der Waals surface area (Å²) in [6.45, 7) is 3.53. The summed E-state index contributed by atoms with van der Waals surface area (Å²) in [5, 5.41) is 5.31. The summed E-state index contributed by atoms with van der Waals surface area (Å²) in [6.07, 6.45) is -0.998. The van der Waals surface area contributed by atoms with E-state index in [0.717, 1.165) is 5.56 Å². The van der Waals surface area contributed by atoms with Gasteiger partial charge in [0, 0.05) is 12.2 Å². The third kappa shape index (κ3) is 6.12. The Morgan fingerprint density at radius 3 is 2.39 bits per heavy atom. The second-order valence-corrected chi connectivity index (χ2v) is 6.19. The molecule has 2 amide bonds. The fraction of sp³-hybridized carbons (Fsp3) is 0.286. The van der Waals surface area contributed by atoms with Crippen molar-refractivity contribution in [2.75, 3.05) is 19.0 Å². The molecular weight excluding hydrogens is 360 g/mol. The van der Waals surface area contributed by atoms with E-state index < -0.39 is 18.0 Å². The molecule has 0 radical (unpaired) electrons. The van der Waals surface area contributed by atoms with Gasteiger partial charge >= 0.3 is 5.97 Å². The average Bonchev–Trinajstić information content (AvgIpc) is 2.69. The van der Waals surface area contributed by atoms with Crippen LogP contribution in [0.15, 0.2) is 48.5 Å². The Kier molecular flexibility index (Phi) is 7.56. The number of benzene rings is 2. The first-order valence-corrected chi connectivity index (χ1v) is 8.89. The van der Waals surface area contributed by atoms with Crippen molar-refractivity contribution in [2.45, 2.75) is 26.4 Å². The van der Waals surface area contributed by atoms with Crippen LogP contribution in [0.25, 0.3) is 0 Å². The Morgan fingerprint density at radius 1 is 1.04 bits per heavy atom. The fourth-order valence-corrected chi connectivity index (χ4v) is 2.40. The van der Waals surface area contributed by atoms with Gasteiger partial charge in [-0.25, -0.2) is 0 Å². The van der Waals surface area contributed by atoms with Crippen molar-refractivity contribution < 1.29 is 23.9 Å². The van der Waals surface area contributed by atoms with E-state index in [1.807, 2.05) is 19.1 Å². The number of nitrogens with one attached hydrogen (secondary N) is 2. The van der Waals surface area contributed by atoms with Gasteiger partial charge in [-0.2, -0.15) is 0 Å². The first-order chi connectivity index (χ1) is 13.4. The quantitative estimate of drug-likeness (QED) is 0.683. The summed E-state index contributed by atoms with van der Waals surface area (Å²) in [6, 6.07) is 14.1. The van der Waals surface area contributed by atoms with Gasteiger partial charge < -0.3 is 20.1 Å². The lowest BCUT2D eigenvalue weighted by Gasteiger charge is -2.14. The van der Waals surface area contributed by atoms with E-state index in [4.69, 9.17) is 9.47 Å². The lowest BCUT2D eigenvalue weighted by Crippen LogP contribution is -2.32. The number of hydrogen-bond donors (Lipinski definition) is 2. The van der Waals surface area contributed by atoms with Crippen LogP contribution in [0.5, 0.6) is 5.75 Å². The number of hydrogen-bond acceptors (Lipinski definition) is 5. The van der Waals surface area contributed by atoms with Crippen LogP contribution in [0, 0.1) is 6.92 Å². The molecule has 0 aliphatic rings. The highest BCUT2D eigenvalue weighted by atomic mass is 16.5. The number of rotatable bonds is 8. The van der Waals surface area contributed by atoms with E-state index in [9.17, 15) is 14.4 Å². The minimum absolute atomic E-state index is 0.0525. The highest BCUT2D eigenvalue weighted by molar-refractivity contribution is 5.97. The zero-order chi connectivity index (χ0) is 20.5. The highest BCUT2D eigenvalue weighted by Crippen LogP contribution is 2.16. The van der Waals surface area contributed by atoms with Crippen LogP contribution in [0.2, 0.25) is 0 Å². The van der Waals surface area contributed by atoms with E-state index in [0.29, 0.717) is 17.0 Å². The zero-order valence-electron chi connectivity index (χ0n) is 16.2. The smallest absolute Gasteiger partial charge is 0.308 e. The standard InChI is InChI=1S/C21H24N2O5/c1-14-8-10-16(11-9-14)23-20(25)15(2)28-19(24)12-13-22-21(26)17-6-4-5-7-18(17)27-3/h4-11,15H,12-13H2,1-3H3,(H,22,26)(H,23,25)/t15-/m0/s1. The number of anilines is 1. The predicted molar refractivity (Wildman–Crippen MR) is 105 cm³/mol. The molecule has 28 heavy (non-hydrogen) atoms. The van der Waals surface area contributed by atoms with Gasteiger partial charge in [-0.15, -0.1) is 0 Å². The summed E-state index contributed by atoms with van der Waals surface area (Å²) in [7, 11) is 1.48. The summed E-state index contributed by atoms with van der Waals surface area (Å²) in [4.78, 5) is 36.2. The maximum absolute atomic E-state index is 12.2. The first-order valence-electron chi connectivity index (χ1n) is 8.89. The van der Waals surface area contributed by atoms with Crippen LogP contribution in [-0.4, -0.2) is 37.5 Å². The molecule has 2 aromatic rings. The minimum Gasteiger partial charge on any atom is -0.496 e. The van der Waals surface area contributed by atoms with Crippen LogP contribution < -0.4 is 15.4 Å². The number of methoxy groups -OCH3 is 1. The van der Waals surface area contributed by atoms with Crippen LogP contribution in [0.3, 0.4) is 0 Å². The Bertz CT molecular complexity index is 833. The Balaban J connectivity index is 1.76. The van der Waals surface area contributed by atoms with Crippen LogP contribution in [0.1, 0.15) is 29.3 Å². The van der Waals surface area contributed by atoms with Crippen molar-refractivity contribution in [3.8, 4) is 5.75 Å². The van der Waals surface area contributed by atoms with Crippen molar-refractivity contribution >= 4 is 23.5 Å². The molecule has 0 bridgehead atoms. The minimum atomic E-state index is -0.946. The van der Waals surface area contributed by atoms with Gasteiger partial charge in [-0.1, -0.05) is 29.8 Å². The van der Waals surface area contributed by atoms with E-state index >= 15 is 0 Å².